The fraction of sp³-hybridized carbons (Fsp3) is 0.100. The Labute approximate surface area is 149 Å². The quantitative estimate of drug-likeness (QED) is 0.440. The van der Waals surface area contributed by atoms with Crippen molar-refractivity contribution in [2.45, 2.75) is 17.9 Å². The molecule has 2 heterocycles. The van der Waals surface area contributed by atoms with E-state index in [-0.39, 0.29) is 0 Å². The molecule has 0 N–H and O–H groups in total. The third kappa shape index (κ3) is 3.51. The summed E-state index contributed by atoms with van der Waals surface area (Å²) in [7, 11) is 0. The van der Waals surface area contributed by atoms with Crippen molar-refractivity contribution < 1.29 is 8.83 Å². The van der Waals surface area contributed by atoms with Crippen LogP contribution < -0.4 is 0 Å². The SMILES string of the molecule is Cc1occc1-c1nnc(SCc2ccc(-c3ccccc3)cc2)o1. The van der Waals surface area contributed by atoms with Crippen LogP contribution in [0.3, 0.4) is 0 Å². The molecular weight excluding hydrogens is 332 g/mol. The van der Waals surface area contributed by atoms with E-state index < -0.39 is 0 Å². The van der Waals surface area contributed by atoms with Gasteiger partial charge in [-0.2, -0.15) is 0 Å². The van der Waals surface area contributed by atoms with Crippen LogP contribution in [-0.2, 0) is 5.75 Å². The Morgan fingerprint density at radius 1 is 0.880 bits per heavy atom. The lowest BCUT2D eigenvalue weighted by Gasteiger charge is -2.03. The molecule has 4 nitrogen and oxygen atoms in total. The van der Waals surface area contributed by atoms with Crippen LogP contribution in [0.15, 0.2) is 81.0 Å². The summed E-state index contributed by atoms with van der Waals surface area (Å²) >= 11 is 1.53. The van der Waals surface area contributed by atoms with Crippen molar-refractivity contribution in [1.29, 1.82) is 0 Å². The van der Waals surface area contributed by atoms with E-state index in [9.17, 15) is 0 Å². The molecule has 0 spiro atoms. The van der Waals surface area contributed by atoms with Crippen LogP contribution in [0.5, 0.6) is 0 Å². The lowest BCUT2D eigenvalue weighted by atomic mass is 10.0. The molecule has 4 rings (SSSR count). The number of rotatable bonds is 5. The molecule has 0 saturated heterocycles. The second-order valence-corrected chi connectivity index (χ2v) is 6.54. The highest BCUT2D eigenvalue weighted by Crippen LogP contribution is 2.28. The molecule has 0 atom stereocenters. The molecule has 0 unspecified atom stereocenters. The Kier molecular flexibility index (Phi) is 4.39. The van der Waals surface area contributed by atoms with Crippen LogP contribution in [0.2, 0.25) is 0 Å². The maximum atomic E-state index is 5.70. The summed E-state index contributed by atoms with van der Waals surface area (Å²) in [5.41, 5.74) is 4.49. The number of thioether (sulfide) groups is 1. The summed E-state index contributed by atoms with van der Waals surface area (Å²) in [6.45, 7) is 1.88. The third-order valence-electron chi connectivity index (χ3n) is 3.92. The average Bonchev–Trinajstić information content (AvgIpc) is 3.30. The highest BCUT2D eigenvalue weighted by Gasteiger charge is 2.13. The van der Waals surface area contributed by atoms with E-state index in [0.29, 0.717) is 11.1 Å². The Hall–Kier alpha value is -2.79. The zero-order valence-electron chi connectivity index (χ0n) is 13.7. The average molecular weight is 348 g/mol. The van der Waals surface area contributed by atoms with E-state index in [1.165, 1.54) is 28.5 Å². The van der Waals surface area contributed by atoms with Gasteiger partial charge in [0.05, 0.1) is 11.8 Å². The number of furan rings is 1. The Morgan fingerprint density at radius 3 is 2.36 bits per heavy atom. The van der Waals surface area contributed by atoms with Crippen LogP contribution in [0.4, 0.5) is 0 Å². The van der Waals surface area contributed by atoms with Crippen LogP contribution >= 0.6 is 11.8 Å². The van der Waals surface area contributed by atoms with E-state index >= 15 is 0 Å². The number of benzene rings is 2. The summed E-state index contributed by atoms with van der Waals surface area (Å²) in [4.78, 5) is 0. The molecule has 0 saturated carbocycles. The molecule has 0 radical (unpaired) electrons. The first-order chi connectivity index (χ1) is 12.3. The van der Waals surface area contributed by atoms with Crippen molar-refractivity contribution in [3.05, 3.63) is 78.3 Å². The van der Waals surface area contributed by atoms with Gasteiger partial charge in [-0.25, -0.2) is 0 Å². The normalized spacial score (nSPS) is 10.9. The van der Waals surface area contributed by atoms with Crippen molar-refractivity contribution >= 4 is 11.8 Å². The molecule has 0 aliphatic carbocycles. The van der Waals surface area contributed by atoms with Crippen LogP contribution in [-0.4, -0.2) is 10.2 Å². The van der Waals surface area contributed by atoms with Crippen LogP contribution in [0.25, 0.3) is 22.6 Å². The van der Waals surface area contributed by atoms with Gasteiger partial charge in [-0.05, 0) is 29.7 Å². The Balaban J connectivity index is 1.42. The highest BCUT2D eigenvalue weighted by atomic mass is 32.2. The van der Waals surface area contributed by atoms with Crippen molar-refractivity contribution in [2.75, 3.05) is 0 Å². The summed E-state index contributed by atoms with van der Waals surface area (Å²) in [5, 5.41) is 8.74. The predicted octanol–water partition coefficient (Wildman–Crippen LogP) is 5.60. The van der Waals surface area contributed by atoms with E-state index in [1.54, 1.807) is 6.26 Å². The largest absolute Gasteiger partial charge is 0.469 e. The fourth-order valence-electron chi connectivity index (χ4n) is 2.55. The number of aromatic nitrogens is 2. The molecule has 0 fully saturated rings. The monoisotopic (exact) mass is 348 g/mol. The van der Waals surface area contributed by atoms with Gasteiger partial charge in [0.15, 0.2) is 0 Å². The second-order valence-electron chi connectivity index (χ2n) is 5.62. The minimum absolute atomic E-state index is 0.494. The molecule has 2 aromatic heterocycles. The maximum Gasteiger partial charge on any atom is 0.277 e. The van der Waals surface area contributed by atoms with Gasteiger partial charge >= 0.3 is 0 Å². The molecule has 4 aromatic rings. The van der Waals surface area contributed by atoms with Gasteiger partial charge in [0.1, 0.15) is 5.76 Å². The van der Waals surface area contributed by atoms with E-state index in [1.807, 2.05) is 31.2 Å². The summed E-state index contributed by atoms with van der Waals surface area (Å²) in [6.07, 6.45) is 1.62. The molecule has 25 heavy (non-hydrogen) atoms. The van der Waals surface area contributed by atoms with Gasteiger partial charge in [-0.3, -0.25) is 0 Å². The molecule has 0 amide bonds. The lowest BCUT2D eigenvalue weighted by molar-refractivity contribution is 0.463. The molecule has 5 heteroatoms. The number of hydrogen-bond donors (Lipinski definition) is 0. The lowest BCUT2D eigenvalue weighted by Crippen LogP contribution is -1.82. The number of nitrogens with zero attached hydrogens (tertiary/aromatic N) is 2. The predicted molar refractivity (Wildman–Crippen MR) is 98.2 cm³/mol. The van der Waals surface area contributed by atoms with Gasteiger partial charge in [0, 0.05) is 5.75 Å². The van der Waals surface area contributed by atoms with Gasteiger partial charge in [0.2, 0.25) is 0 Å². The topological polar surface area (TPSA) is 52.1 Å². The van der Waals surface area contributed by atoms with Gasteiger partial charge in [0.25, 0.3) is 11.1 Å². The molecule has 0 aliphatic rings. The van der Waals surface area contributed by atoms with Gasteiger partial charge < -0.3 is 8.83 Å². The minimum Gasteiger partial charge on any atom is -0.469 e. The fourth-order valence-corrected chi connectivity index (χ4v) is 3.27. The van der Waals surface area contributed by atoms with Crippen LogP contribution in [0.1, 0.15) is 11.3 Å². The van der Waals surface area contributed by atoms with Crippen molar-refractivity contribution in [1.82, 2.24) is 10.2 Å². The summed E-state index contributed by atoms with van der Waals surface area (Å²) in [5.74, 6) is 2.05. The van der Waals surface area contributed by atoms with Crippen molar-refractivity contribution in [3.8, 4) is 22.6 Å². The Morgan fingerprint density at radius 2 is 1.64 bits per heavy atom. The van der Waals surface area contributed by atoms with Crippen molar-refractivity contribution in [3.63, 3.8) is 0 Å². The zero-order valence-corrected chi connectivity index (χ0v) is 14.5. The van der Waals surface area contributed by atoms with Crippen molar-refractivity contribution in [2.24, 2.45) is 0 Å². The Bertz CT molecular complexity index is 959. The molecule has 2 aromatic carbocycles. The maximum absolute atomic E-state index is 5.70. The van der Waals surface area contributed by atoms with Gasteiger partial charge in [-0.15, -0.1) is 10.2 Å². The first-order valence-corrected chi connectivity index (χ1v) is 8.93. The van der Waals surface area contributed by atoms with E-state index in [4.69, 9.17) is 8.83 Å². The second kappa shape index (κ2) is 6.99. The zero-order chi connectivity index (χ0) is 17.1. The van der Waals surface area contributed by atoms with Gasteiger partial charge in [-0.1, -0.05) is 66.4 Å². The van der Waals surface area contributed by atoms with E-state index in [0.717, 1.165) is 17.1 Å². The molecule has 0 bridgehead atoms. The standard InChI is InChI=1S/C20H16N2O2S/c1-14-18(11-12-23-14)19-21-22-20(24-19)25-13-15-7-9-17(10-8-15)16-5-3-2-4-6-16/h2-12H,13H2,1H3. The first-order valence-electron chi connectivity index (χ1n) is 7.95. The number of aryl methyl sites for hydroxylation is 1. The molecular formula is C20H16N2O2S. The third-order valence-corrected chi connectivity index (χ3v) is 4.81. The van der Waals surface area contributed by atoms with Crippen LogP contribution in [0, 0.1) is 6.92 Å². The first kappa shape index (κ1) is 15.7. The smallest absolute Gasteiger partial charge is 0.277 e. The van der Waals surface area contributed by atoms with E-state index in [2.05, 4.69) is 46.6 Å². The summed E-state index contributed by atoms with van der Waals surface area (Å²) < 4.78 is 11.0. The summed E-state index contributed by atoms with van der Waals surface area (Å²) in [6, 6.07) is 20.7. The highest BCUT2D eigenvalue weighted by molar-refractivity contribution is 7.98. The number of hydrogen-bond acceptors (Lipinski definition) is 5. The molecule has 124 valence electrons. The minimum atomic E-state index is 0.494. The molecule has 0 aliphatic heterocycles.